The van der Waals surface area contributed by atoms with E-state index in [-0.39, 0.29) is 0 Å². The molecule has 0 radical (unpaired) electrons. The number of hydrogen-bond acceptors (Lipinski definition) is 4. The molecule has 0 N–H and O–H groups in total. The van der Waals surface area contributed by atoms with E-state index in [0.29, 0.717) is 5.89 Å². The molecule has 2 heterocycles. The van der Waals surface area contributed by atoms with Crippen LogP contribution in [-0.2, 0) is 0 Å². The fourth-order valence-corrected chi connectivity index (χ4v) is 7.27. The summed E-state index contributed by atoms with van der Waals surface area (Å²) < 4.78 is 12.6. The Morgan fingerprint density at radius 2 is 0.849 bits per heavy atom. The first-order chi connectivity index (χ1) is 26.2. The van der Waals surface area contributed by atoms with Gasteiger partial charge in [-0.3, -0.25) is 0 Å². The molecular weight excluding hydrogens is 649 g/mol. The first kappa shape index (κ1) is 30.6. The molecule has 0 aliphatic heterocycles. The standard InChI is InChI=1S/C49H32N2O2/c1-4-11-33(12-5-1)34-19-21-35(22-20-34)38-15-10-18-42(31-38)51(40-16-8-3-9-17-40)41-26-23-36(24-27-41)39-25-28-43-46(32-39)52-44-29-30-45-48(47(43)44)50-49(53-45)37-13-6-2-7-14-37/h1-32H. The summed E-state index contributed by atoms with van der Waals surface area (Å²) in [5, 5.41) is 1.99. The van der Waals surface area contributed by atoms with Gasteiger partial charge in [-0.25, -0.2) is 4.98 Å². The minimum atomic E-state index is 0.605. The van der Waals surface area contributed by atoms with Gasteiger partial charge in [0, 0.05) is 28.0 Å². The van der Waals surface area contributed by atoms with Crippen molar-refractivity contribution < 1.29 is 8.83 Å². The molecule has 10 rings (SSSR count). The van der Waals surface area contributed by atoms with Crippen LogP contribution in [0.25, 0.3) is 77.9 Å². The maximum Gasteiger partial charge on any atom is 0.227 e. The number of aromatic nitrogens is 1. The molecule has 0 aliphatic rings. The molecule has 0 saturated carbocycles. The lowest BCUT2D eigenvalue weighted by Crippen LogP contribution is -2.09. The van der Waals surface area contributed by atoms with E-state index in [1.54, 1.807) is 0 Å². The second kappa shape index (κ2) is 12.9. The van der Waals surface area contributed by atoms with Crippen LogP contribution in [0.2, 0.25) is 0 Å². The zero-order chi connectivity index (χ0) is 35.1. The Balaban J connectivity index is 0.982. The van der Waals surface area contributed by atoms with E-state index in [1.807, 2.05) is 42.5 Å². The van der Waals surface area contributed by atoms with Gasteiger partial charge >= 0.3 is 0 Å². The van der Waals surface area contributed by atoms with Crippen molar-refractivity contribution in [3.63, 3.8) is 0 Å². The highest BCUT2D eigenvalue weighted by Crippen LogP contribution is 2.40. The molecule has 8 aromatic carbocycles. The molecule has 4 heteroatoms. The molecule has 0 fully saturated rings. The third-order valence-electron chi connectivity index (χ3n) is 9.92. The third kappa shape index (κ3) is 5.63. The Morgan fingerprint density at radius 1 is 0.340 bits per heavy atom. The minimum Gasteiger partial charge on any atom is -0.456 e. The lowest BCUT2D eigenvalue weighted by molar-refractivity contribution is 0.619. The van der Waals surface area contributed by atoms with Crippen LogP contribution in [-0.4, -0.2) is 4.98 Å². The van der Waals surface area contributed by atoms with Gasteiger partial charge in [-0.1, -0.05) is 121 Å². The smallest absolute Gasteiger partial charge is 0.227 e. The zero-order valence-corrected chi connectivity index (χ0v) is 28.7. The Bertz CT molecular complexity index is 2860. The van der Waals surface area contributed by atoms with Crippen molar-refractivity contribution in [3.8, 4) is 44.8 Å². The molecule has 0 unspecified atom stereocenters. The van der Waals surface area contributed by atoms with Crippen LogP contribution in [0.15, 0.2) is 203 Å². The van der Waals surface area contributed by atoms with Gasteiger partial charge < -0.3 is 13.7 Å². The SMILES string of the molecule is c1ccc(-c2ccc(-c3cccc(N(c4ccccc4)c4ccc(-c5ccc6c(c5)oc5ccc7oc(-c8ccccc8)nc7c56)cc4)c3)cc2)cc1. The van der Waals surface area contributed by atoms with E-state index in [0.717, 1.165) is 72.4 Å². The van der Waals surface area contributed by atoms with Crippen LogP contribution in [0.4, 0.5) is 17.1 Å². The van der Waals surface area contributed by atoms with Crippen molar-refractivity contribution in [2.45, 2.75) is 0 Å². The number of rotatable bonds is 7. The molecule has 0 atom stereocenters. The third-order valence-corrected chi connectivity index (χ3v) is 9.92. The molecular formula is C49H32N2O2. The van der Waals surface area contributed by atoms with Gasteiger partial charge in [0.15, 0.2) is 5.58 Å². The Hall–Kier alpha value is -7.17. The summed E-state index contributed by atoms with van der Waals surface area (Å²) in [5.74, 6) is 0.605. The van der Waals surface area contributed by atoms with Crippen molar-refractivity contribution in [2.75, 3.05) is 4.90 Å². The van der Waals surface area contributed by atoms with E-state index in [4.69, 9.17) is 13.8 Å². The quantitative estimate of drug-likeness (QED) is 0.168. The van der Waals surface area contributed by atoms with Crippen molar-refractivity contribution in [1.82, 2.24) is 4.98 Å². The van der Waals surface area contributed by atoms with Crippen molar-refractivity contribution in [2.24, 2.45) is 0 Å². The van der Waals surface area contributed by atoms with Crippen LogP contribution in [0.5, 0.6) is 0 Å². The molecule has 0 amide bonds. The van der Waals surface area contributed by atoms with Gasteiger partial charge in [0.25, 0.3) is 0 Å². The fourth-order valence-electron chi connectivity index (χ4n) is 7.27. The van der Waals surface area contributed by atoms with Crippen molar-refractivity contribution in [1.29, 1.82) is 0 Å². The number of fused-ring (bicyclic) bond motifs is 5. The highest BCUT2D eigenvalue weighted by Gasteiger charge is 2.18. The Kier molecular flexibility index (Phi) is 7.43. The normalized spacial score (nSPS) is 11.4. The largest absolute Gasteiger partial charge is 0.456 e. The highest BCUT2D eigenvalue weighted by molar-refractivity contribution is 6.17. The molecule has 0 saturated heterocycles. The van der Waals surface area contributed by atoms with E-state index in [1.165, 1.54) is 16.7 Å². The topological polar surface area (TPSA) is 42.4 Å². The molecule has 10 aromatic rings. The second-order valence-electron chi connectivity index (χ2n) is 13.2. The number of anilines is 3. The summed E-state index contributed by atoms with van der Waals surface area (Å²) in [6, 6.07) is 67.7. The predicted molar refractivity (Wildman–Crippen MR) is 218 cm³/mol. The summed E-state index contributed by atoms with van der Waals surface area (Å²) in [6.07, 6.45) is 0. The molecule has 0 spiro atoms. The van der Waals surface area contributed by atoms with Gasteiger partial charge in [-0.2, -0.15) is 0 Å². The van der Waals surface area contributed by atoms with Gasteiger partial charge in [0.1, 0.15) is 16.7 Å². The van der Waals surface area contributed by atoms with Crippen LogP contribution < -0.4 is 4.90 Å². The monoisotopic (exact) mass is 680 g/mol. The van der Waals surface area contributed by atoms with Crippen LogP contribution in [0, 0.1) is 0 Å². The minimum absolute atomic E-state index is 0.605. The molecule has 2 aromatic heterocycles. The maximum atomic E-state index is 6.40. The zero-order valence-electron chi connectivity index (χ0n) is 28.7. The summed E-state index contributed by atoms with van der Waals surface area (Å²) >= 11 is 0. The van der Waals surface area contributed by atoms with Gasteiger partial charge in [0.05, 0.1) is 5.39 Å². The molecule has 4 nitrogen and oxygen atoms in total. The van der Waals surface area contributed by atoms with Crippen LogP contribution >= 0.6 is 0 Å². The molecule has 53 heavy (non-hydrogen) atoms. The lowest BCUT2D eigenvalue weighted by atomic mass is 9.99. The average Bonchev–Trinajstić information content (AvgIpc) is 3.84. The van der Waals surface area contributed by atoms with Crippen molar-refractivity contribution in [3.05, 3.63) is 194 Å². The average molecular weight is 681 g/mol. The number of hydrogen-bond donors (Lipinski definition) is 0. The summed E-state index contributed by atoms with van der Waals surface area (Å²) in [6.45, 7) is 0. The Morgan fingerprint density at radius 3 is 1.57 bits per heavy atom. The van der Waals surface area contributed by atoms with E-state index in [9.17, 15) is 0 Å². The first-order valence-corrected chi connectivity index (χ1v) is 17.8. The number of nitrogens with zero attached hydrogens (tertiary/aromatic N) is 2. The van der Waals surface area contributed by atoms with Gasteiger partial charge in [-0.15, -0.1) is 0 Å². The molecule has 250 valence electrons. The van der Waals surface area contributed by atoms with E-state index < -0.39 is 0 Å². The first-order valence-electron chi connectivity index (χ1n) is 17.8. The summed E-state index contributed by atoms with van der Waals surface area (Å²) in [7, 11) is 0. The van der Waals surface area contributed by atoms with E-state index in [2.05, 4.69) is 157 Å². The number of benzene rings is 8. The summed E-state index contributed by atoms with van der Waals surface area (Å²) in [4.78, 5) is 7.20. The maximum absolute atomic E-state index is 6.40. The van der Waals surface area contributed by atoms with E-state index >= 15 is 0 Å². The molecule has 0 aliphatic carbocycles. The number of para-hydroxylation sites is 1. The Labute approximate surface area is 306 Å². The number of oxazole rings is 1. The van der Waals surface area contributed by atoms with Gasteiger partial charge in [-0.05, 0) is 106 Å². The second-order valence-corrected chi connectivity index (χ2v) is 13.2. The van der Waals surface area contributed by atoms with Crippen molar-refractivity contribution >= 4 is 50.1 Å². The predicted octanol–water partition coefficient (Wildman–Crippen LogP) is 13.9. The fraction of sp³-hybridized carbons (Fsp3) is 0. The van der Waals surface area contributed by atoms with Crippen LogP contribution in [0.3, 0.4) is 0 Å². The molecule has 0 bridgehead atoms. The summed E-state index contributed by atoms with van der Waals surface area (Å²) in [5.41, 5.74) is 14.3. The van der Waals surface area contributed by atoms with Crippen LogP contribution in [0.1, 0.15) is 0 Å². The van der Waals surface area contributed by atoms with Gasteiger partial charge in [0.2, 0.25) is 5.89 Å². The lowest BCUT2D eigenvalue weighted by Gasteiger charge is -2.26. The number of furan rings is 1. The highest BCUT2D eigenvalue weighted by atomic mass is 16.4.